The first kappa shape index (κ1) is 26.8. The third-order valence-corrected chi connectivity index (χ3v) is 9.51. The molecule has 37 heavy (non-hydrogen) atoms. The fraction of sp³-hybridized carbons (Fsp3) is 0.250. The summed E-state index contributed by atoms with van der Waals surface area (Å²) < 4.78 is 28.7. The average Bonchev–Trinajstić information content (AvgIpc) is 2.95. The minimum absolute atomic E-state index is 0.285. The molecule has 4 nitrogen and oxygen atoms in total. The van der Waals surface area contributed by atoms with Crippen molar-refractivity contribution in [1.82, 2.24) is 0 Å². The Bertz CT molecular complexity index is 1210. The van der Waals surface area contributed by atoms with Gasteiger partial charge in [0.25, 0.3) is 0 Å². The van der Waals surface area contributed by atoms with Gasteiger partial charge in [-0.25, -0.2) is 8.42 Å². The highest BCUT2D eigenvalue weighted by molar-refractivity contribution is 7.91. The molecule has 0 aliphatic heterocycles. The lowest BCUT2D eigenvalue weighted by molar-refractivity contribution is 0.163. The molecule has 4 rings (SSSR count). The number of hydrogen-bond donors (Lipinski definition) is 2. The minimum Gasteiger partial charge on any atom is -0.388 e. The molecule has 0 heterocycles. The molecule has 192 valence electrons. The summed E-state index contributed by atoms with van der Waals surface area (Å²) in [5.74, 6) is 0. The van der Waals surface area contributed by atoms with E-state index in [1.165, 1.54) is 0 Å². The van der Waals surface area contributed by atoms with Crippen molar-refractivity contribution < 1.29 is 18.6 Å². The standard InChI is InChI=1S/C32H34O4S/c33-29(25-13-5-1-6-14-25)21-23-31(27-17-9-3-10-18-27)37(35,36)32(28-19-11-4-12-20-28)24-22-30(34)26-15-7-2-8-16-26/h1-20,29-34H,21-24H2. The van der Waals surface area contributed by atoms with Crippen LogP contribution in [0.2, 0.25) is 0 Å². The van der Waals surface area contributed by atoms with Gasteiger partial charge in [0.2, 0.25) is 0 Å². The van der Waals surface area contributed by atoms with Gasteiger partial charge in [0.05, 0.1) is 22.7 Å². The summed E-state index contributed by atoms with van der Waals surface area (Å²) >= 11 is 0. The number of sulfone groups is 1. The Labute approximate surface area is 220 Å². The van der Waals surface area contributed by atoms with E-state index in [9.17, 15) is 18.6 Å². The van der Waals surface area contributed by atoms with Crippen LogP contribution in [0.25, 0.3) is 0 Å². The van der Waals surface area contributed by atoms with E-state index in [2.05, 4.69) is 0 Å². The van der Waals surface area contributed by atoms with Crippen molar-refractivity contribution in [3.63, 3.8) is 0 Å². The molecule has 0 saturated heterocycles. The lowest BCUT2D eigenvalue weighted by Crippen LogP contribution is -2.22. The van der Waals surface area contributed by atoms with E-state index < -0.39 is 32.5 Å². The Kier molecular flexibility index (Phi) is 9.29. The number of aliphatic hydroxyl groups excluding tert-OH is 2. The lowest BCUT2D eigenvalue weighted by atomic mass is 10.0. The van der Waals surface area contributed by atoms with E-state index in [0.717, 1.165) is 11.1 Å². The fourth-order valence-electron chi connectivity index (χ4n) is 4.88. The smallest absolute Gasteiger partial charge is 0.164 e. The van der Waals surface area contributed by atoms with Crippen LogP contribution in [0, 0.1) is 0 Å². The first-order chi connectivity index (χ1) is 18.0. The third-order valence-electron chi connectivity index (χ3n) is 6.91. The normalized spacial score (nSPS) is 15.0. The highest BCUT2D eigenvalue weighted by Gasteiger charge is 2.36. The highest BCUT2D eigenvalue weighted by Crippen LogP contribution is 2.41. The molecule has 0 spiro atoms. The maximum absolute atomic E-state index is 14.4. The van der Waals surface area contributed by atoms with Crippen LogP contribution in [0.4, 0.5) is 0 Å². The maximum atomic E-state index is 14.4. The molecule has 0 fully saturated rings. The second kappa shape index (κ2) is 12.8. The number of aliphatic hydroxyl groups is 2. The van der Waals surface area contributed by atoms with Crippen LogP contribution < -0.4 is 0 Å². The van der Waals surface area contributed by atoms with Gasteiger partial charge in [-0.15, -0.1) is 0 Å². The molecule has 2 N–H and O–H groups in total. The summed E-state index contributed by atoms with van der Waals surface area (Å²) in [4.78, 5) is 0. The Morgan fingerprint density at radius 1 is 0.432 bits per heavy atom. The number of benzene rings is 4. The molecule has 0 aliphatic rings. The van der Waals surface area contributed by atoms with Crippen molar-refractivity contribution in [2.75, 3.05) is 0 Å². The molecule has 4 atom stereocenters. The van der Waals surface area contributed by atoms with Crippen LogP contribution >= 0.6 is 0 Å². The second-order valence-corrected chi connectivity index (χ2v) is 11.7. The third kappa shape index (κ3) is 6.95. The van der Waals surface area contributed by atoms with E-state index >= 15 is 0 Å². The predicted octanol–water partition coefficient (Wildman–Crippen LogP) is 6.91. The molecule has 0 aromatic heterocycles. The first-order valence-corrected chi connectivity index (χ1v) is 14.4. The Morgan fingerprint density at radius 3 is 1.00 bits per heavy atom. The molecular weight excluding hydrogens is 480 g/mol. The molecule has 0 amide bonds. The molecule has 4 aromatic carbocycles. The zero-order valence-corrected chi connectivity index (χ0v) is 21.6. The van der Waals surface area contributed by atoms with Gasteiger partial charge in [0, 0.05) is 0 Å². The van der Waals surface area contributed by atoms with Crippen LogP contribution in [0.3, 0.4) is 0 Å². The minimum atomic E-state index is -3.75. The lowest BCUT2D eigenvalue weighted by Gasteiger charge is -2.27. The molecule has 0 aliphatic carbocycles. The van der Waals surface area contributed by atoms with Crippen LogP contribution in [0.15, 0.2) is 121 Å². The molecule has 0 saturated carbocycles. The maximum Gasteiger partial charge on any atom is 0.164 e. The van der Waals surface area contributed by atoms with E-state index in [0.29, 0.717) is 24.0 Å². The summed E-state index contributed by atoms with van der Waals surface area (Å²) in [5.41, 5.74) is 2.98. The summed E-state index contributed by atoms with van der Waals surface area (Å²) in [5, 5.41) is 20.1. The largest absolute Gasteiger partial charge is 0.388 e. The molecule has 5 heteroatoms. The summed E-state index contributed by atoms with van der Waals surface area (Å²) in [6.07, 6.45) is -0.302. The second-order valence-electron chi connectivity index (χ2n) is 9.40. The quantitative estimate of drug-likeness (QED) is 0.215. The molecule has 0 radical (unpaired) electrons. The van der Waals surface area contributed by atoms with E-state index in [1.807, 2.05) is 121 Å². The topological polar surface area (TPSA) is 74.6 Å². The van der Waals surface area contributed by atoms with Crippen LogP contribution in [-0.2, 0) is 9.84 Å². The SMILES string of the molecule is O=S(=O)(C(CCC(O)c1ccccc1)c1ccccc1)C(CCC(O)c1ccccc1)c1ccccc1. The van der Waals surface area contributed by atoms with Gasteiger partial charge in [0.15, 0.2) is 9.84 Å². The van der Waals surface area contributed by atoms with Crippen LogP contribution in [0.1, 0.15) is 70.6 Å². The summed E-state index contributed by atoms with van der Waals surface area (Å²) in [6, 6.07) is 37.2. The Morgan fingerprint density at radius 2 is 0.703 bits per heavy atom. The van der Waals surface area contributed by atoms with Gasteiger partial charge < -0.3 is 10.2 Å². The van der Waals surface area contributed by atoms with Crippen molar-refractivity contribution in [3.05, 3.63) is 144 Å². The van der Waals surface area contributed by atoms with Crippen molar-refractivity contribution in [1.29, 1.82) is 0 Å². The zero-order chi connectivity index (χ0) is 26.1. The Hall–Kier alpha value is -3.25. The molecule has 0 bridgehead atoms. The van der Waals surface area contributed by atoms with Crippen molar-refractivity contribution in [2.24, 2.45) is 0 Å². The monoisotopic (exact) mass is 514 g/mol. The van der Waals surface area contributed by atoms with Crippen molar-refractivity contribution in [2.45, 2.75) is 48.4 Å². The van der Waals surface area contributed by atoms with E-state index in [4.69, 9.17) is 0 Å². The van der Waals surface area contributed by atoms with Crippen molar-refractivity contribution >= 4 is 9.84 Å². The van der Waals surface area contributed by atoms with E-state index in [-0.39, 0.29) is 12.8 Å². The fourth-order valence-corrected chi connectivity index (χ4v) is 7.28. The van der Waals surface area contributed by atoms with Gasteiger partial charge in [0.1, 0.15) is 0 Å². The molecule has 4 aromatic rings. The number of hydrogen-bond acceptors (Lipinski definition) is 4. The van der Waals surface area contributed by atoms with Crippen molar-refractivity contribution in [3.8, 4) is 0 Å². The zero-order valence-electron chi connectivity index (χ0n) is 20.8. The number of rotatable bonds is 12. The van der Waals surface area contributed by atoms with Gasteiger partial charge in [-0.1, -0.05) is 121 Å². The van der Waals surface area contributed by atoms with Gasteiger partial charge in [-0.05, 0) is 47.9 Å². The predicted molar refractivity (Wildman–Crippen MR) is 149 cm³/mol. The summed E-state index contributed by atoms with van der Waals surface area (Å²) in [6.45, 7) is 0. The van der Waals surface area contributed by atoms with Gasteiger partial charge in [-0.3, -0.25) is 0 Å². The van der Waals surface area contributed by atoms with Gasteiger partial charge in [-0.2, -0.15) is 0 Å². The van der Waals surface area contributed by atoms with Gasteiger partial charge >= 0.3 is 0 Å². The van der Waals surface area contributed by atoms with Crippen LogP contribution in [-0.4, -0.2) is 18.6 Å². The van der Waals surface area contributed by atoms with Crippen LogP contribution in [0.5, 0.6) is 0 Å². The summed E-state index contributed by atoms with van der Waals surface area (Å²) in [7, 11) is -3.75. The molecule has 4 unspecified atom stereocenters. The highest BCUT2D eigenvalue weighted by atomic mass is 32.2. The molecular formula is C32H34O4S. The van der Waals surface area contributed by atoms with E-state index in [1.54, 1.807) is 0 Å². The first-order valence-electron chi connectivity index (χ1n) is 12.8. The average molecular weight is 515 g/mol. The Balaban J connectivity index is 1.63.